The van der Waals surface area contributed by atoms with E-state index in [2.05, 4.69) is 43.7 Å². The van der Waals surface area contributed by atoms with Crippen LogP contribution in [0.15, 0.2) is 41.3 Å². The van der Waals surface area contributed by atoms with Gasteiger partial charge in [-0.15, -0.1) is 0 Å². The van der Waals surface area contributed by atoms with Crippen molar-refractivity contribution in [3.05, 3.63) is 41.3 Å². The molecule has 112 valence electrons. The van der Waals surface area contributed by atoms with Gasteiger partial charge in [0.1, 0.15) is 0 Å². The first kappa shape index (κ1) is 14.8. The normalized spacial score (nSPS) is 17.8. The van der Waals surface area contributed by atoms with Gasteiger partial charge in [-0.05, 0) is 30.9 Å². The van der Waals surface area contributed by atoms with Crippen LogP contribution < -0.4 is 5.73 Å². The highest BCUT2D eigenvalue weighted by molar-refractivity contribution is 9.10. The Labute approximate surface area is 134 Å². The molecule has 1 saturated carbocycles. The lowest BCUT2D eigenvalue weighted by Crippen LogP contribution is -2.28. The SMILES string of the molecule is NCC(C1CCCCC1)n1cncc1-c1cccc(Br)c1. The van der Waals surface area contributed by atoms with Crippen molar-refractivity contribution in [3.63, 3.8) is 0 Å². The molecule has 1 aliphatic carbocycles. The lowest BCUT2D eigenvalue weighted by molar-refractivity contribution is 0.255. The summed E-state index contributed by atoms with van der Waals surface area (Å²) in [6.07, 6.45) is 10.5. The van der Waals surface area contributed by atoms with E-state index < -0.39 is 0 Å². The van der Waals surface area contributed by atoms with E-state index in [0.29, 0.717) is 18.5 Å². The van der Waals surface area contributed by atoms with Gasteiger partial charge in [-0.3, -0.25) is 0 Å². The van der Waals surface area contributed by atoms with Crippen LogP contribution in [0.4, 0.5) is 0 Å². The van der Waals surface area contributed by atoms with Gasteiger partial charge >= 0.3 is 0 Å². The van der Waals surface area contributed by atoms with E-state index in [1.807, 2.05) is 18.6 Å². The first-order valence-electron chi connectivity index (χ1n) is 7.77. The molecule has 1 unspecified atom stereocenters. The summed E-state index contributed by atoms with van der Waals surface area (Å²) in [6, 6.07) is 8.75. The average Bonchev–Trinajstić information content (AvgIpc) is 2.98. The van der Waals surface area contributed by atoms with Gasteiger partial charge in [0.25, 0.3) is 0 Å². The topological polar surface area (TPSA) is 43.8 Å². The van der Waals surface area contributed by atoms with Crippen molar-refractivity contribution in [2.45, 2.75) is 38.1 Å². The van der Waals surface area contributed by atoms with Gasteiger partial charge in [0.2, 0.25) is 0 Å². The molecule has 3 rings (SSSR count). The molecular formula is C17H22BrN3. The standard InChI is InChI=1S/C17H22BrN3/c18-15-8-4-7-14(9-15)17-11-20-12-21(17)16(10-19)13-5-2-1-3-6-13/h4,7-9,11-13,16H,1-3,5-6,10,19H2. The predicted octanol–water partition coefficient (Wildman–Crippen LogP) is 4.39. The second-order valence-electron chi connectivity index (χ2n) is 5.90. The lowest BCUT2D eigenvalue weighted by atomic mass is 9.83. The third kappa shape index (κ3) is 3.22. The number of nitrogens with two attached hydrogens (primary N) is 1. The van der Waals surface area contributed by atoms with Crippen LogP contribution in [0.2, 0.25) is 0 Å². The van der Waals surface area contributed by atoms with Crippen LogP contribution in [0.25, 0.3) is 11.3 Å². The van der Waals surface area contributed by atoms with Crippen LogP contribution in [0, 0.1) is 5.92 Å². The van der Waals surface area contributed by atoms with Crippen LogP contribution in [0.3, 0.4) is 0 Å². The van der Waals surface area contributed by atoms with Crippen LogP contribution in [0.5, 0.6) is 0 Å². The Morgan fingerprint density at radius 1 is 1.29 bits per heavy atom. The zero-order valence-corrected chi connectivity index (χ0v) is 13.8. The van der Waals surface area contributed by atoms with Gasteiger partial charge in [-0.25, -0.2) is 4.98 Å². The third-order valence-electron chi connectivity index (χ3n) is 4.58. The molecule has 1 aliphatic rings. The van der Waals surface area contributed by atoms with Crippen molar-refractivity contribution >= 4 is 15.9 Å². The molecule has 1 atom stereocenters. The molecule has 4 heteroatoms. The summed E-state index contributed by atoms with van der Waals surface area (Å²) < 4.78 is 3.38. The van der Waals surface area contributed by atoms with Gasteiger partial charge in [0.15, 0.2) is 0 Å². The minimum absolute atomic E-state index is 0.363. The molecule has 0 spiro atoms. The maximum Gasteiger partial charge on any atom is 0.0954 e. The molecule has 1 heterocycles. The molecule has 2 N–H and O–H groups in total. The predicted molar refractivity (Wildman–Crippen MR) is 90.0 cm³/mol. The second kappa shape index (κ2) is 6.75. The van der Waals surface area contributed by atoms with E-state index in [9.17, 15) is 0 Å². The molecule has 2 aromatic rings. The summed E-state index contributed by atoms with van der Waals surface area (Å²) in [5.41, 5.74) is 8.47. The van der Waals surface area contributed by atoms with Gasteiger partial charge in [-0.1, -0.05) is 47.3 Å². The fourth-order valence-corrected chi connectivity index (χ4v) is 3.89. The molecule has 1 aromatic heterocycles. The summed E-state index contributed by atoms with van der Waals surface area (Å²) in [5.74, 6) is 0.684. The highest BCUT2D eigenvalue weighted by atomic mass is 79.9. The Morgan fingerprint density at radius 2 is 2.10 bits per heavy atom. The number of imidazole rings is 1. The molecule has 0 saturated heterocycles. The Hall–Kier alpha value is -1.13. The van der Waals surface area contributed by atoms with E-state index in [4.69, 9.17) is 5.73 Å². The molecule has 0 bridgehead atoms. The van der Waals surface area contributed by atoms with Crippen molar-refractivity contribution in [2.24, 2.45) is 11.7 Å². The summed E-state index contributed by atoms with van der Waals surface area (Å²) in [7, 11) is 0. The lowest BCUT2D eigenvalue weighted by Gasteiger charge is -2.31. The summed E-state index contributed by atoms with van der Waals surface area (Å²) >= 11 is 3.55. The highest BCUT2D eigenvalue weighted by Gasteiger charge is 2.25. The Morgan fingerprint density at radius 3 is 2.81 bits per heavy atom. The third-order valence-corrected chi connectivity index (χ3v) is 5.07. The van der Waals surface area contributed by atoms with Gasteiger partial charge in [0.05, 0.1) is 24.3 Å². The number of halogens is 1. The van der Waals surface area contributed by atoms with Crippen molar-refractivity contribution in [2.75, 3.05) is 6.54 Å². The summed E-state index contributed by atoms with van der Waals surface area (Å²) in [6.45, 7) is 0.683. The number of benzene rings is 1. The number of hydrogen-bond donors (Lipinski definition) is 1. The Bertz CT molecular complexity index is 587. The fraction of sp³-hybridized carbons (Fsp3) is 0.471. The van der Waals surface area contributed by atoms with Crippen LogP contribution in [-0.2, 0) is 0 Å². The average molecular weight is 348 g/mol. The Balaban J connectivity index is 1.93. The molecule has 1 aromatic carbocycles. The van der Waals surface area contributed by atoms with Crippen molar-refractivity contribution in [3.8, 4) is 11.3 Å². The monoisotopic (exact) mass is 347 g/mol. The van der Waals surface area contributed by atoms with E-state index in [-0.39, 0.29) is 0 Å². The largest absolute Gasteiger partial charge is 0.328 e. The van der Waals surface area contributed by atoms with Gasteiger partial charge < -0.3 is 10.3 Å². The summed E-state index contributed by atoms with van der Waals surface area (Å²) in [5, 5.41) is 0. The maximum absolute atomic E-state index is 6.11. The fourth-order valence-electron chi connectivity index (χ4n) is 3.49. The summed E-state index contributed by atoms with van der Waals surface area (Å²) in [4.78, 5) is 4.38. The molecule has 0 aliphatic heterocycles. The molecule has 0 amide bonds. The van der Waals surface area contributed by atoms with Crippen LogP contribution in [-0.4, -0.2) is 16.1 Å². The van der Waals surface area contributed by atoms with E-state index >= 15 is 0 Å². The van der Waals surface area contributed by atoms with E-state index in [1.165, 1.54) is 37.7 Å². The van der Waals surface area contributed by atoms with Crippen molar-refractivity contribution < 1.29 is 0 Å². The smallest absolute Gasteiger partial charge is 0.0954 e. The van der Waals surface area contributed by atoms with E-state index in [0.717, 1.165) is 10.2 Å². The molecule has 21 heavy (non-hydrogen) atoms. The molecule has 0 radical (unpaired) electrons. The van der Waals surface area contributed by atoms with Crippen LogP contribution in [0.1, 0.15) is 38.1 Å². The van der Waals surface area contributed by atoms with Crippen molar-refractivity contribution in [1.29, 1.82) is 0 Å². The first-order chi connectivity index (χ1) is 10.3. The minimum Gasteiger partial charge on any atom is -0.328 e. The van der Waals surface area contributed by atoms with Crippen LogP contribution >= 0.6 is 15.9 Å². The first-order valence-corrected chi connectivity index (χ1v) is 8.56. The number of aromatic nitrogens is 2. The Kier molecular flexibility index (Phi) is 4.76. The number of nitrogens with zero attached hydrogens (tertiary/aromatic N) is 2. The van der Waals surface area contributed by atoms with Gasteiger partial charge in [-0.2, -0.15) is 0 Å². The molecule has 3 nitrogen and oxygen atoms in total. The zero-order chi connectivity index (χ0) is 14.7. The van der Waals surface area contributed by atoms with Gasteiger partial charge in [0, 0.05) is 16.6 Å². The highest BCUT2D eigenvalue weighted by Crippen LogP contribution is 2.35. The zero-order valence-electron chi connectivity index (χ0n) is 12.2. The molecular weight excluding hydrogens is 326 g/mol. The number of rotatable bonds is 4. The quantitative estimate of drug-likeness (QED) is 0.890. The minimum atomic E-state index is 0.363. The number of hydrogen-bond acceptors (Lipinski definition) is 2. The maximum atomic E-state index is 6.11. The molecule has 1 fully saturated rings. The van der Waals surface area contributed by atoms with E-state index in [1.54, 1.807) is 0 Å². The van der Waals surface area contributed by atoms with Crippen molar-refractivity contribution in [1.82, 2.24) is 9.55 Å². The second-order valence-corrected chi connectivity index (χ2v) is 6.81.